The first-order chi connectivity index (χ1) is 26.6. The van der Waals surface area contributed by atoms with Crippen molar-refractivity contribution in [1.82, 2.24) is 0 Å². The number of hydrogen-bond acceptors (Lipinski definition) is 7. The van der Waals surface area contributed by atoms with Gasteiger partial charge in [0.05, 0.1) is 23.8 Å². The standard InChI is InChI=1S/C20H10ClF4NO2S.C20H13ClFNO3S/c21-16-13(10-5-2-1-3-6-10)14-15(27)19(22,18(28)26-17(14)29-16)11-7-4-8-12(9-11)20(23,24)25;1-26-13-9-5-6-11(10-13)14-15-16(24)20(22,12-7-3-2-4-8-12)19(25)23-18(15)27-17(14)21/h1-9H,(H,26,28);2-10H,1H3,(H,23,25). The van der Waals surface area contributed by atoms with Crippen LogP contribution < -0.4 is 15.4 Å². The van der Waals surface area contributed by atoms with Crippen molar-refractivity contribution in [1.29, 1.82) is 0 Å². The number of alkyl halides is 5. The molecule has 2 aromatic heterocycles. The minimum Gasteiger partial charge on any atom is -0.497 e. The Labute approximate surface area is 332 Å². The first kappa shape index (κ1) is 38.8. The van der Waals surface area contributed by atoms with Crippen LogP contribution in [0, 0.1) is 0 Å². The number of methoxy groups -OCH3 is 1. The maximum absolute atomic E-state index is 15.9. The van der Waals surface area contributed by atoms with E-state index in [-0.39, 0.29) is 36.6 Å². The number of nitrogens with one attached hydrogen (secondary N) is 2. The zero-order valence-electron chi connectivity index (χ0n) is 28.4. The van der Waals surface area contributed by atoms with Gasteiger partial charge in [-0.05, 0) is 35.4 Å². The number of amides is 2. The lowest BCUT2D eigenvalue weighted by Gasteiger charge is -2.28. The summed E-state index contributed by atoms with van der Waals surface area (Å²) in [6, 6.07) is 26.2. The molecule has 0 saturated carbocycles. The molecule has 0 spiro atoms. The molecule has 2 unspecified atom stereocenters. The lowest BCUT2D eigenvalue weighted by molar-refractivity contribution is -0.138. The quantitative estimate of drug-likeness (QED) is 0.133. The second kappa shape index (κ2) is 14.6. The van der Waals surface area contributed by atoms with Gasteiger partial charge in [0.1, 0.15) is 24.4 Å². The number of ketones is 2. The van der Waals surface area contributed by atoms with Crippen molar-refractivity contribution in [2.45, 2.75) is 17.5 Å². The third kappa shape index (κ3) is 6.45. The van der Waals surface area contributed by atoms with Gasteiger partial charge >= 0.3 is 6.18 Å². The summed E-state index contributed by atoms with van der Waals surface area (Å²) in [5, 5.41) is 5.10. The summed E-state index contributed by atoms with van der Waals surface area (Å²) < 4.78 is 76.5. The van der Waals surface area contributed by atoms with E-state index in [2.05, 4.69) is 10.6 Å². The smallest absolute Gasteiger partial charge is 0.416 e. The molecule has 2 atom stereocenters. The summed E-state index contributed by atoms with van der Waals surface area (Å²) in [5.41, 5.74) is -6.35. The molecule has 16 heteroatoms. The highest BCUT2D eigenvalue weighted by Gasteiger charge is 2.55. The Morgan fingerprint density at radius 2 is 1.05 bits per heavy atom. The first-order valence-corrected chi connectivity index (χ1v) is 18.7. The van der Waals surface area contributed by atoms with Crippen molar-refractivity contribution >= 4 is 79.3 Å². The van der Waals surface area contributed by atoms with Gasteiger partial charge in [-0.25, -0.2) is 8.78 Å². The zero-order chi connectivity index (χ0) is 40.2. The van der Waals surface area contributed by atoms with E-state index in [1.54, 1.807) is 72.8 Å². The van der Waals surface area contributed by atoms with E-state index in [0.29, 0.717) is 32.8 Å². The Morgan fingerprint density at radius 1 is 0.589 bits per heavy atom. The number of carbonyl (C=O) groups excluding carboxylic acids is 4. The maximum Gasteiger partial charge on any atom is 0.416 e. The van der Waals surface area contributed by atoms with Crippen LogP contribution in [0.1, 0.15) is 37.4 Å². The molecule has 4 aromatic carbocycles. The third-order valence-corrected chi connectivity index (χ3v) is 11.7. The fraction of sp³-hybridized carbons (Fsp3) is 0.100. The molecular formula is C40H23Cl2F5N2O5S2. The Hall–Kier alpha value is -5.41. The molecular weight excluding hydrogens is 818 g/mol. The van der Waals surface area contributed by atoms with Gasteiger partial charge in [0, 0.05) is 22.3 Å². The van der Waals surface area contributed by atoms with Gasteiger partial charge in [-0.1, -0.05) is 108 Å². The van der Waals surface area contributed by atoms with Gasteiger partial charge in [0.25, 0.3) is 23.2 Å². The van der Waals surface area contributed by atoms with Crippen molar-refractivity contribution in [3.05, 3.63) is 146 Å². The number of fused-ring (bicyclic) bond motifs is 2. The van der Waals surface area contributed by atoms with E-state index in [4.69, 9.17) is 27.9 Å². The van der Waals surface area contributed by atoms with E-state index in [0.717, 1.165) is 40.9 Å². The maximum atomic E-state index is 15.9. The normalized spacial score (nSPS) is 18.9. The van der Waals surface area contributed by atoms with Gasteiger partial charge in [-0.2, -0.15) is 13.2 Å². The molecule has 6 aromatic rings. The molecule has 2 amide bonds. The molecule has 0 bridgehead atoms. The van der Waals surface area contributed by atoms with Gasteiger partial charge in [0.2, 0.25) is 11.6 Å². The zero-order valence-corrected chi connectivity index (χ0v) is 31.5. The summed E-state index contributed by atoms with van der Waals surface area (Å²) in [4.78, 5) is 51.3. The fourth-order valence-electron chi connectivity index (χ4n) is 6.35. The average Bonchev–Trinajstić information content (AvgIpc) is 3.71. The molecule has 0 fully saturated rings. The molecule has 0 aliphatic carbocycles. The largest absolute Gasteiger partial charge is 0.497 e. The van der Waals surface area contributed by atoms with Crippen molar-refractivity contribution in [2.75, 3.05) is 17.7 Å². The molecule has 2 N–H and O–H groups in total. The number of halogens is 7. The van der Waals surface area contributed by atoms with E-state index in [9.17, 15) is 32.3 Å². The summed E-state index contributed by atoms with van der Waals surface area (Å²) in [7, 11) is 1.52. The lowest BCUT2D eigenvalue weighted by Crippen LogP contribution is -2.47. The number of rotatable bonds is 5. The predicted octanol–water partition coefficient (Wildman–Crippen LogP) is 11.2. The van der Waals surface area contributed by atoms with Crippen molar-refractivity contribution in [3.63, 3.8) is 0 Å². The van der Waals surface area contributed by atoms with Crippen LogP contribution in [0.15, 0.2) is 109 Å². The SMILES string of the molecule is COc1cccc(-c2c(Cl)sc3c2C(=O)C(F)(c2ccccc2)C(=O)N3)c1.O=C1Nc2sc(Cl)c(-c3ccccc3)c2C(=O)C1(F)c1cccc(C(F)(F)F)c1. The number of benzene rings is 4. The Balaban J connectivity index is 0.000000172. The first-order valence-electron chi connectivity index (χ1n) is 16.3. The number of thiophene rings is 2. The van der Waals surface area contributed by atoms with Crippen molar-refractivity contribution in [2.24, 2.45) is 0 Å². The number of hydrogen-bond donors (Lipinski definition) is 2. The number of carbonyl (C=O) groups is 4. The van der Waals surface area contributed by atoms with E-state index in [1.807, 2.05) is 0 Å². The Kier molecular flexibility index (Phi) is 10.1. The molecule has 56 heavy (non-hydrogen) atoms. The second-order valence-corrected chi connectivity index (χ2v) is 15.6. The van der Waals surface area contributed by atoms with E-state index < -0.39 is 52.0 Å². The molecule has 2 aliphatic heterocycles. The highest BCUT2D eigenvalue weighted by atomic mass is 35.5. The lowest BCUT2D eigenvalue weighted by atomic mass is 9.82. The van der Waals surface area contributed by atoms with Crippen LogP contribution >= 0.6 is 45.9 Å². The minimum absolute atomic E-state index is 0.0166. The molecule has 0 radical (unpaired) electrons. The van der Waals surface area contributed by atoms with Crippen molar-refractivity contribution in [3.8, 4) is 28.0 Å². The topological polar surface area (TPSA) is 102 Å². The number of anilines is 2. The highest BCUT2D eigenvalue weighted by molar-refractivity contribution is 7.21. The Bertz CT molecular complexity index is 2560. The summed E-state index contributed by atoms with van der Waals surface area (Å²) in [6.45, 7) is 0. The molecule has 284 valence electrons. The summed E-state index contributed by atoms with van der Waals surface area (Å²) in [6.07, 6.45) is -4.76. The van der Waals surface area contributed by atoms with Gasteiger partial charge in [0.15, 0.2) is 0 Å². The fourth-order valence-corrected chi connectivity index (χ4v) is 9.10. The third-order valence-electron chi connectivity index (χ3n) is 9.07. The second-order valence-electron chi connectivity index (χ2n) is 12.3. The van der Waals surface area contributed by atoms with Crippen LogP contribution in [0.5, 0.6) is 5.75 Å². The molecule has 0 saturated heterocycles. The average molecular weight is 842 g/mol. The van der Waals surface area contributed by atoms with Crippen LogP contribution in [-0.4, -0.2) is 30.5 Å². The summed E-state index contributed by atoms with van der Waals surface area (Å²) in [5.74, 6) is -3.97. The summed E-state index contributed by atoms with van der Waals surface area (Å²) >= 11 is 14.5. The predicted molar refractivity (Wildman–Crippen MR) is 205 cm³/mol. The molecule has 8 rings (SSSR count). The van der Waals surface area contributed by atoms with Crippen LogP contribution in [0.2, 0.25) is 8.67 Å². The van der Waals surface area contributed by atoms with E-state index >= 15 is 8.78 Å². The molecule has 7 nitrogen and oxygen atoms in total. The highest BCUT2D eigenvalue weighted by Crippen LogP contribution is 2.52. The van der Waals surface area contributed by atoms with Gasteiger partial charge in [-0.15, -0.1) is 22.7 Å². The van der Waals surface area contributed by atoms with E-state index in [1.165, 1.54) is 19.2 Å². The number of Topliss-reactive ketones (excluding diaryl/α,β-unsaturated/α-hetero) is 2. The molecule has 2 aliphatic rings. The minimum atomic E-state index is -4.76. The van der Waals surface area contributed by atoms with Crippen molar-refractivity contribution < 1.29 is 45.9 Å². The van der Waals surface area contributed by atoms with Crippen LogP contribution in [0.4, 0.5) is 32.0 Å². The van der Waals surface area contributed by atoms with Crippen LogP contribution in [-0.2, 0) is 27.1 Å². The van der Waals surface area contributed by atoms with Gasteiger partial charge < -0.3 is 15.4 Å². The van der Waals surface area contributed by atoms with Gasteiger partial charge in [-0.3, -0.25) is 19.2 Å². The monoisotopic (exact) mass is 840 g/mol. The van der Waals surface area contributed by atoms with Crippen LogP contribution in [0.3, 0.4) is 0 Å². The molecule has 4 heterocycles. The van der Waals surface area contributed by atoms with Crippen LogP contribution in [0.25, 0.3) is 22.3 Å². The number of ether oxygens (including phenoxy) is 1. The Morgan fingerprint density at radius 3 is 1.59 bits per heavy atom.